The fraction of sp³-hybridized carbons (Fsp3) is 0.214. The minimum atomic E-state index is -0.644. The molecule has 0 spiro atoms. The Kier molecular flexibility index (Phi) is 4.89. The summed E-state index contributed by atoms with van der Waals surface area (Å²) >= 11 is 1.54. The summed E-state index contributed by atoms with van der Waals surface area (Å²) in [5, 5.41) is 15.5. The zero-order valence-electron chi connectivity index (χ0n) is 11.3. The van der Waals surface area contributed by atoms with Gasteiger partial charge in [0.2, 0.25) is 0 Å². The summed E-state index contributed by atoms with van der Waals surface area (Å²) in [6, 6.07) is 6.36. The fourth-order valence-corrected chi connectivity index (χ4v) is 2.39. The molecule has 2 aromatic rings. The Bertz CT molecular complexity index is 610. The highest BCUT2D eigenvalue weighted by Crippen LogP contribution is 2.17. The van der Waals surface area contributed by atoms with Crippen molar-refractivity contribution in [3.63, 3.8) is 0 Å². The van der Waals surface area contributed by atoms with Crippen molar-refractivity contribution >= 4 is 23.2 Å². The number of pyridine rings is 1. The molecule has 2 heterocycles. The molecular formula is C14H14N2O4S. The van der Waals surface area contributed by atoms with Crippen molar-refractivity contribution in [2.45, 2.75) is 13.0 Å². The number of nitrogens with zero attached hydrogens (tertiary/aromatic N) is 1. The van der Waals surface area contributed by atoms with Crippen molar-refractivity contribution in [1.29, 1.82) is 0 Å². The van der Waals surface area contributed by atoms with E-state index in [1.807, 2.05) is 24.4 Å². The number of thiophene rings is 1. The van der Waals surface area contributed by atoms with Crippen LogP contribution in [0.4, 0.5) is 0 Å². The largest absolute Gasteiger partial charge is 0.619 e. The van der Waals surface area contributed by atoms with Crippen molar-refractivity contribution in [2.75, 3.05) is 6.61 Å². The first kappa shape index (κ1) is 15.0. The molecule has 0 radical (unpaired) electrons. The third-order valence-corrected chi connectivity index (χ3v) is 3.77. The second-order valence-electron chi connectivity index (χ2n) is 4.33. The summed E-state index contributed by atoms with van der Waals surface area (Å²) in [6.07, 6.45) is 2.38. The van der Waals surface area contributed by atoms with Crippen LogP contribution in [0.1, 0.15) is 28.2 Å². The molecular weight excluding hydrogens is 292 g/mol. The number of aromatic nitrogens is 1. The van der Waals surface area contributed by atoms with Crippen molar-refractivity contribution in [3.8, 4) is 0 Å². The highest BCUT2D eigenvalue weighted by molar-refractivity contribution is 7.10. The SMILES string of the molecule is C[C@H](NC(=O)COC(=O)c1cc[n+]([O-])cc1)c1cccs1. The van der Waals surface area contributed by atoms with E-state index in [0.29, 0.717) is 4.73 Å². The molecule has 1 amide bonds. The Hall–Kier alpha value is -2.41. The lowest BCUT2D eigenvalue weighted by molar-refractivity contribution is -0.605. The van der Waals surface area contributed by atoms with E-state index in [0.717, 1.165) is 4.88 Å². The van der Waals surface area contributed by atoms with Gasteiger partial charge in [-0.3, -0.25) is 4.79 Å². The van der Waals surface area contributed by atoms with Gasteiger partial charge in [0.1, 0.15) is 0 Å². The van der Waals surface area contributed by atoms with E-state index < -0.39 is 5.97 Å². The lowest BCUT2D eigenvalue weighted by Gasteiger charge is -2.12. The normalized spacial score (nSPS) is 11.7. The highest BCUT2D eigenvalue weighted by Gasteiger charge is 2.14. The van der Waals surface area contributed by atoms with Crippen LogP contribution in [0.3, 0.4) is 0 Å². The second-order valence-corrected chi connectivity index (χ2v) is 5.31. The van der Waals surface area contributed by atoms with Crippen molar-refractivity contribution in [1.82, 2.24) is 5.32 Å². The summed E-state index contributed by atoms with van der Waals surface area (Å²) in [4.78, 5) is 24.4. The van der Waals surface area contributed by atoms with Gasteiger partial charge in [0, 0.05) is 17.0 Å². The standard InChI is InChI=1S/C14H14N2O4S/c1-10(12-3-2-8-21-12)15-13(17)9-20-14(18)11-4-6-16(19)7-5-11/h2-8,10H,9H2,1H3,(H,15,17)/t10-/m0/s1. The zero-order chi connectivity index (χ0) is 15.2. The average molecular weight is 306 g/mol. The Morgan fingerprint density at radius 1 is 1.38 bits per heavy atom. The molecule has 0 aliphatic carbocycles. The van der Waals surface area contributed by atoms with E-state index in [2.05, 4.69) is 5.32 Å². The Morgan fingerprint density at radius 2 is 2.10 bits per heavy atom. The van der Waals surface area contributed by atoms with Gasteiger partial charge in [-0.15, -0.1) is 11.3 Å². The molecule has 0 aliphatic heterocycles. The molecule has 2 rings (SSSR count). The number of ether oxygens (including phenoxy) is 1. The van der Waals surface area contributed by atoms with Gasteiger partial charge in [-0.1, -0.05) is 6.07 Å². The van der Waals surface area contributed by atoms with Crippen LogP contribution in [0.25, 0.3) is 0 Å². The minimum Gasteiger partial charge on any atom is -0.619 e. The topological polar surface area (TPSA) is 82.3 Å². The minimum absolute atomic E-state index is 0.132. The molecule has 0 saturated carbocycles. The number of hydrogen-bond acceptors (Lipinski definition) is 5. The van der Waals surface area contributed by atoms with Gasteiger partial charge in [-0.2, -0.15) is 4.73 Å². The molecule has 0 aliphatic rings. The monoisotopic (exact) mass is 306 g/mol. The molecule has 2 aromatic heterocycles. The predicted molar refractivity (Wildman–Crippen MR) is 76.6 cm³/mol. The number of nitrogens with one attached hydrogen (secondary N) is 1. The smallest absolute Gasteiger partial charge is 0.339 e. The Balaban J connectivity index is 1.81. The van der Waals surface area contributed by atoms with Crippen LogP contribution in [0, 0.1) is 5.21 Å². The van der Waals surface area contributed by atoms with E-state index in [1.165, 1.54) is 24.5 Å². The van der Waals surface area contributed by atoms with Crippen molar-refractivity contribution in [2.24, 2.45) is 0 Å². The van der Waals surface area contributed by atoms with E-state index in [-0.39, 0.29) is 24.1 Å². The average Bonchev–Trinajstić information content (AvgIpc) is 3.00. The van der Waals surface area contributed by atoms with Crippen LogP contribution in [0.5, 0.6) is 0 Å². The zero-order valence-corrected chi connectivity index (χ0v) is 12.1. The molecule has 0 aromatic carbocycles. The third-order valence-electron chi connectivity index (χ3n) is 2.72. The first-order valence-corrected chi connectivity index (χ1v) is 7.13. The third kappa shape index (κ3) is 4.28. The van der Waals surface area contributed by atoms with Gasteiger partial charge >= 0.3 is 5.97 Å². The predicted octanol–water partition coefficient (Wildman–Crippen LogP) is 1.42. The van der Waals surface area contributed by atoms with E-state index in [9.17, 15) is 14.8 Å². The van der Waals surface area contributed by atoms with Crippen molar-refractivity contribution in [3.05, 3.63) is 57.7 Å². The van der Waals surface area contributed by atoms with E-state index in [4.69, 9.17) is 4.74 Å². The first-order valence-electron chi connectivity index (χ1n) is 6.25. The van der Waals surface area contributed by atoms with Gasteiger partial charge in [0.05, 0.1) is 11.6 Å². The van der Waals surface area contributed by atoms with Gasteiger partial charge in [0.15, 0.2) is 19.0 Å². The maximum Gasteiger partial charge on any atom is 0.339 e. The second kappa shape index (κ2) is 6.85. The maximum absolute atomic E-state index is 11.7. The summed E-state index contributed by atoms with van der Waals surface area (Å²) in [5.41, 5.74) is 0.223. The summed E-state index contributed by atoms with van der Waals surface area (Å²) in [6.45, 7) is 1.50. The maximum atomic E-state index is 11.7. The van der Waals surface area contributed by atoms with Crippen LogP contribution in [0.2, 0.25) is 0 Å². The molecule has 6 nitrogen and oxygen atoms in total. The van der Waals surface area contributed by atoms with Crippen LogP contribution in [-0.4, -0.2) is 18.5 Å². The number of hydrogen-bond donors (Lipinski definition) is 1. The van der Waals surface area contributed by atoms with Crippen LogP contribution >= 0.6 is 11.3 Å². The number of amides is 1. The molecule has 0 unspecified atom stereocenters. The van der Waals surface area contributed by atoms with Gasteiger partial charge < -0.3 is 15.3 Å². The molecule has 1 atom stereocenters. The summed E-state index contributed by atoms with van der Waals surface area (Å²) < 4.78 is 5.45. The molecule has 110 valence electrons. The quantitative estimate of drug-likeness (QED) is 0.514. The lowest BCUT2D eigenvalue weighted by Crippen LogP contribution is -2.31. The number of carbonyl (C=O) groups excluding carboxylic acids is 2. The van der Waals surface area contributed by atoms with Crippen molar-refractivity contribution < 1.29 is 19.1 Å². The van der Waals surface area contributed by atoms with Crippen LogP contribution in [0.15, 0.2) is 42.0 Å². The summed E-state index contributed by atoms with van der Waals surface area (Å²) in [5.74, 6) is -1.02. The van der Waals surface area contributed by atoms with E-state index >= 15 is 0 Å². The number of rotatable bonds is 5. The molecule has 0 fully saturated rings. The lowest BCUT2D eigenvalue weighted by atomic mass is 10.3. The van der Waals surface area contributed by atoms with Gasteiger partial charge in [0.25, 0.3) is 5.91 Å². The van der Waals surface area contributed by atoms with Gasteiger partial charge in [-0.05, 0) is 18.4 Å². The number of esters is 1. The molecule has 7 heteroatoms. The highest BCUT2D eigenvalue weighted by atomic mass is 32.1. The first-order chi connectivity index (χ1) is 10.1. The number of carbonyl (C=O) groups is 2. The summed E-state index contributed by atoms with van der Waals surface area (Å²) in [7, 11) is 0. The Morgan fingerprint density at radius 3 is 2.71 bits per heavy atom. The molecule has 0 saturated heterocycles. The Labute approximate surface area is 125 Å². The van der Waals surface area contributed by atoms with E-state index in [1.54, 1.807) is 11.3 Å². The molecule has 0 bridgehead atoms. The molecule has 21 heavy (non-hydrogen) atoms. The fourth-order valence-electron chi connectivity index (χ4n) is 1.66. The van der Waals surface area contributed by atoms with Crippen LogP contribution in [-0.2, 0) is 9.53 Å². The molecule has 1 N–H and O–H groups in total. The van der Waals surface area contributed by atoms with Gasteiger partial charge in [-0.25, -0.2) is 4.79 Å². The van der Waals surface area contributed by atoms with Crippen LogP contribution < -0.4 is 10.0 Å².